The fourth-order valence-corrected chi connectivity index (χ4v) is 1.88. The van der Waals surface area contributed by atoms with Crippen LogP contribution in [0.25, 0.3) is 0 Å². The number of carboxylic acid groups (broad SMARTS) is 1. The zero-order valence-electron chi connectivity index (χ0n) is 11.0. The van der Waals surface area contributed by atoms with Crippen molar-refractivity contribution in [1.82, 2.24) is 5.32 Å². The molecule has 1 rings (SSSR count). The molecular weight excluding hydrogens is 270 g/mol. The molecule has 2 N–H and O–H groups in total. The van der Waals surface area contributed by atoms with Gasteiger partial charge in [0.1, 0.15) is 0 Å². The third-order valence-corrected chi connectivity index (χ3v) is 3.23. The van der Waals surface area contributed by atoms with Crippen LogP contribution in [0.2, 0.25) is 5.22 Å². The van der Waals surface area contributed by atoms with Gasteiger partial charge in [-0.2, -0.15) is 0 Å². The third kappa shape index (κ3) is 4.95. The van der Waals surface area contributed by atoms with Gasteiger partial charge < -0.3 is 14.8 Å². The van der Waals surface area contributed by atoms with Gasteiger partial charge in [0.25, 0.3) is 5.91 Å². The molecule has 2 atom stereocenters. The molecule has 19 heavy (non-hydrogen) atoms. The molecule has 0 aliphatic heterocycles. The highest BCUT2D eigenvalue weighted by Crippen LogP contribution is 2.17. The molecule has 1 amide bonds. The highest BCUT2D eigenvalue weighted by Gasteiger charge is 2.16. The number of halogens is 1. The number of carbonyl (C=O) groups is 2. The van der Waals surface area contributed by atoms with E-state index < -0.39 is 5.97 Å². The molecule has 0 aliphatic rings. The largest absolute Gasteiger partial charge is 0.481 e. The molecular formula is C13H18ClNO4. The van der Waals surface area contributed by atoms with Crippen molar-refractivity contribution >= 4 is 23.5 Å². The maximum absolute atomic E-state index is 11.8. The molecule has 1 aromatic rings. The van der Waals surface area contributed by atoms with Crippen molar-refractivity contribution < 1.29 is 19.1 Å². The Morgan fingerprint density at radius 3 is 2.63 bits per heavy atom. The van der Waals surface area contributed by atoms with Crippen molar-refractivity contribution in [1.29, 1.82) is 0 Å². The smallest absolute Gasteiger partial charge is 0.306 e. The lowest BCUT2D eigenvalue weighted by atomic mass is 10.0. The van der Waals surface area contributed by atoms with Gasteiger partial charge in [-0.15, -0.1) is 0 Å². The van der Waals surface area contributed by atoms with E-state index in [1.165, 1.54) is 12.3 Å². The number of aliphatic carboxylic acids is 1. The van der Waals surface area contributed by atoms with E-state index in [0.29, 0.717) is 12.0 Å². The number of amides is 1. The minimum absolute atomic E-state index is 0.0422. The van der Waals surface area contributed by atoms with Gasteiger partial charge in [-0.25, -0.2) is 0 Å². The van der Waals surface area contributed by atoms with E-state index in [2.05, 4.69) is 5.32 Å². The Hall–Kier alpha value is -1.49. The molecule has 0 radical (unpaired) electrons. The summed E-state index contributed by atoms with van der Waals surface area (Å²) in [5.41, 5.74) is 0.312. The first-order valence-electron chi connectivity index (χ1n) is 6.18. The molecule has 0 saturated heterocycles. The predicted octanol–water partition coefficient (Wildman–Crippen LogP) is 2.94. The molecule has 0 fully saturated rings. The van der Waals surface area contributed by atoms with Crippen LogP contribution in [0.15, 0.2) is 16.7 Å². The van der Waals surface area contributed by atoms with E-state index in [9.17, 15) is 9.59 Å². The highest BCUT2D eigenvalue weighted by molar-refractivity contribution is 6.32. The van der Waals surface area contributed by atoms with Gasteiger partial charge in [0.2, 0.25) is 5.22 Å². The first-order chi connectivity index (χ1) is 8.91. The van der Waals surface area contributed by atoms with Crippen molar-refractivity contribution in [3.63, 3.8) is 0 Å². The summed E-state index contributed by atoms with van der Waals surface area (Å²) < 4.78 is 4.85. The molecule has 5 nitrogen and oxygen atoms in total. The number of carbonyl (C=O) groups excluding carboxylic acids is 1. The van der Waals surface area contributed by atoms with E-state index in [-0.39, 0.29) is 23.1 Å². The molecule has 0 aromatic carbocycles. The molecule has 0 aliphatic carbocycles. The quantitative estimate of drug-likeness (QED) is 0.808. The lowest BCUT2D eigenvalue weighted by molar-refractivity contribution is -0.141. The Morgan fingerprint density at radius 1 is 1.42 bits per heavy atom. The Bertz CT molecular complexity index is 444. The standard InChI is InChI=1S/C13H18ClNO4/c1-8(13(17)18)4-3-5-9(2)15-12(16)10-6-7-19-11(10)14/h6-9H,3-5H2,1-2H3,(H,15,16)(H,17,18). The summed E-state index contributed by atoms with van der Waals surface area (Å²) >= 11 is 5.71. The normalized spacial score (nSPS) is 13.8. The van der Waals surface area contributed by atoms with Gasteiger partial charge in [-0.1, -0.05) is 13.3 Å². The van der Waals surface area contributed by atoms with Crippen LogP contribution < -0.4 is 5.32 Å². The molecule has 6 heteroatoms. The van der Waals surface area contributed by atoms with E-state index >= 15 is 0 Å². The first-order valence-corrected chi connectivity index (χ1v) is 6.56. The molecule has 0 saturated carbocycles. The van der Waals surface area contributed by atoms with Crippen molar-refractivity contribution in [3.05, 3.63) is 23.1 Å². The van der Waals surface area contributed by atoms with Gasteiger partial charge in [0.05, 0.1) is 17.7 Å². The Balaban J connectivity index is 2.32. The van der Waals surface area contributed by atoms with Gasteiger partial charge >= 0.3 is 5.97 Å². The molecule has 1 heterocycles. The summed E-state index contributed by atoms with van der Waals surface area (Å²) in [6, 6.07) is 1.47. The van der Waals surface area contributed by atoms with Gasteiger partial charge in [-0.05, 0) is 37.4 Å². The van der Waals surface area contributed by atoms with Gasteiger partial charge in [0, 0.05) is 6.04 Å². The summed E-state index contributed by atoms with van der Waals surface area (Å²) in [6.07, 6.45) is 3.42. The van der Waals surface area contributed by atoms with E-state index in [4.69, 9.17) is 21.1 Å². The predicted molar refractivity (Wildman–Crippen MR) is 71.3 cm³/mol. The minimum Gasteiger partial charge on any atom is -0.481 e. The van der Waals surface area contributed by atoms with E-state index in [1.54, 1.807) is 6.92 Å². The number of furan rings is 1. The Kier molecular flexibility index (Phi) is 5.89. The van der Waals surface area contributed by atoms with Crippen molar-refractivity contribution in [2.45, 2.75) is 39.2 Å². The lowest BCUT2D eigenvalue weighted by Crippen LogP contribution is -2.32. The second kappa shape index (κ2) is 7.19. The van der Waals surface area contributed by atoms with E-state index in [1.807, 2.05) is 6.92 Å². The van der Waals surface area contributed by atoms with E-state index in [0.717, 1.165) is 12.8 Å². The van der Waals surface area contributed by atoms with Crippen LogP contribution in [0.5, 0.6) is 0 Å². The van der Waals surface area contributed by atoms with Crippen LogP contribution >= 0.6 is 11.6 Å². The number of carboxylic acids is 1. The number of rotatable bonds is 7. The molecule has 0 spiro atoms. The van der Waals surface area contributed by atoms with Crippen molar-refractivity contribution in [2.75, 3.05) is 0 Å². The Morgan fingerprint density at radius 2 is 2.11 bits per heavy atom. The Labute approximate surface area is 116 Å². The number of hydrogen-bond donors (Lipinski definition) is 2. The summed E-state index contributed by atoms with van der Waals surface area (Å²) in [5, 5.41) is 11.6. The zero-order chi connectivity index (χ0) is 14.4. The topological polar surface area (TPSA) is 79.5 Å². The minimum atomic E-state index is -0.790. The van der Waals surface area contributed by atoms with Crippen LogP contribution in [0.3, 0.4) is 0 Å². The average Bonchev–Trinajstić information content (AvgIpc) is 2.75. The fraction of sp³-hybridized carbons (Fsp3) is 0.538. The maximum atomic E-state index is 11.8. The summed E-state index contributed by atoms with van der Waals surface area (Å²) in [5.74, 6) is -1.43. The second-order valence-electron chi connectivity index (χ2n) is 4.65. The van der Waals surface area contributed by atoms with Crippen LogP contribution in [0.4, 0.5) is 0 Å². The molecule has 106 valence electrons. The number of hydrogen-bond acceptors (Lipinski definition) is 3. The van der Waals surface area contributed by atoms with Crippen LogP contribution in [-0.2, 0) is 4.79 Å². The summed E-state index contributed by atoms with van der Waals surface area (Å²) in [6.45, 7) is 3.55. The van der Waals surface area contributed by atoms with Crippen LogP contribution in [0.1, 0.15) is 43.5 Å². The number of nitrogens with one attached hydrogen (secondary N) is 1. The fourth-order valence-electron chi connectivity index (χ4n) is 1.68. The highest BCUT2D eigenvalue weighted by atomic mass is 35.5. The summed E-state index contributed by atoms with van der Waals surface area (Å²) in [4.78, 5) is 22.4. The SMILES string of the molecule is CC(CCCC(C)C(=O)O)NC(=O)c1ccoc1Cl. The van der Waals surface area contributed by atoms with Crippen LogP contribution in [0, 0.1) is 5.92 Å². The molecule has 0 bridgehead atoms. The zero-order valence-corrected chi connectivity index (χ0v) is 11.7. The van der Waals surface area contributed by atoms with Crippen molar-refractivity contribution in [2.24, 2.45) is 5.92 Å². The molecule has 2 unspecified atom stereocenters. The van der Waals surface area contributed by atoms with Gasteiger partial charge in [-0.3, -0.25) is 9.59 Å². The van der Waals surface area contributed by atoms with Crippen molar-refractivity contribution in [3.8, 4) is 0 Å². The monoisotopic (exact) mass is 287 g/mol. The summed E-state index contributed by atoms with van der Waals surface area (Å²) in [7, 11) is 0. The third-order valence-electron chi connectivity index (χ3n) is 2.94. The van der Waals surface area contributed by atoms with Gasteiger partial charge in [0.15, 0.2) is 0 Å². The average molecular weight is 288 g/mol. The molecule has 1 aromatic heterocycles. The second-order valence-corrected chi connectivity index (χ2v) is 5.00. The lowest BCUT2D eigenvalue weighted by Gasteiger charge is -2.14. The first kappa shape index (κ1) is 15.6. The van der Waals surface area contributed by atoms with Crippen LogP contribution in [-0.4, -0.2) is 23.0 Å². The maximum Gasteiger partial charge on any atom is 0.306 e.